The lowest BCUT2D eigenvalue weighted by Crippen LogP contribution is -2.04. The van der Waals surface area contributed by atoms with Gasteiger partial charge in [0.2, 0.25) is 5.82 Å². The highest BCUT2D eigenvalue weighted by molar-refractivity contribution is 9.10. The summed E-state index contributed by atoms with van der Waals surface area (Å²) in [6, 6.07) is 2.97. The number of halogens is 4. The second-order valence-corrected chi connectivity index (χ2v) is 3.60. The first kappa shape index (κ1) is 11.1. The average molecular weight is 294 g/mol. The van der Waals surface area contributed by atoms with Crippen LogP contribution in [0.15, 0.2) is 27.5 Å². The van der Waals surface area contributed by atoms with E-state index in [0.717, 1.165) is 0 Å². The van der Waals surface area contributed by atoms with E-state index in [-0.39, 0.29) is 5.82 Å². The van der Waals surface area contributed by atoms with Crippen LogP contribution in [0, 0.1) is 0 Å². The lowest BCUT2D eigenvalue weighted by molar-refractivity contribution is -0.159. The number of hydrogen-bond donors (Lipinski definition) is 0. The van der Waals surface area contributed by atoms with E-state index in [9.17, 15) is 13.2 Å². The van der Waals surface area contributed by atoms with E-state index in [0.29, 0.717) is 10.2 Å². The Kier molecular flexibility index (Phi) is 2.66. The van der Waals surface area contributed by atoms with E-state index in [1.165, 1.54) is 18.3 Å². The Balaban J connectivity index is 2.39. The van der Waals surface area contributed by atoms with Crippen LogP contribution in [0.3, 0.4) is 0 Å². The molecule has 0 saturated carbocycles. The van der Waals surface area contributed by atoms with E-state index >= 15 is 0 Å². The van der Waals surface area contributed by atoms with E-state index in [1.54, 1.807) is 0 Å². The first-order chi connectivity index (χ1) is 7.47. The van der Waals surface area contributed by atoms with Gasteiger partial charge in [-0.25, -0.2) is 4.98 Å². The minimum Gasteiger partial charge on any atom is -0.329 e. The molecule has 2 rings (SSSR count). The van der Waals surface area contributed by atoms with Crippen LogP contribution in [-0.4, -0.2) is 15.1 Å². The van der Waals surface area contributed by atoms with Gasteiger partial charge < -0.3 is 4.52 Å². The highest BCUT2D eigenvalue weighted by Crippen LogP contribution is 2.29. The number of nitrogens with zero attached hydrogens (tertiary/aromatic N) is 3. The molecule has 0 saturated heterocycles. The molecule has 0 fully saturated rings. The molecular weight excluding hydrogens is 291 g/mol. The van der Waals surface area contributed by atoms with E-state index in [1.807, 2.05) is 0 Å². The summed E-state index contributed by atoms with van der Waals surface area (Å²) in [6.07, 6.45) is -3.21. The number of rotatable bonds is 1. The molecule has 0 aromatic carbocycles. The van der Waals surface area contributed by atoms with Crippen molar-refractivity contribution in [2.24, 2.45) is 0 Å². The van der Waals surface area contributed by atoms with Crippen LogP contribution in [0.4, 0.5) is 13.2 Å². The smallest absolute Gasteiger partial charge is 0.329 e. The Bertz CT molecular complexity index is 511. The fourth-order valence-corrected chi connectivity index (χ4v) is 1.36. The summed E-state index contributed by atoms with van der Waals surface area (Å²) >= 11 is 3.09. The van der Waals surface area contributed by atoms with Gasteiger partial charge in [0.05, 0.1) is 0 Å². The molecular formula is C8H3BrF3N3O. The molecule has 0 aliphatic rings. The summed E-state index contributed by atoms with van der Waals surface area (Å²) in [6.45, 7) is 0. The molecule has 84 valence electrons. The highest BCUT2D eigenvalue weighted by Gasteiger charge is 2.38. The normalized spacial score (nSPS) is 11.8. The van der Waals surface area contributed by atoms with Crippen molar-refractivity contribution in [2.75, 3.05) is 0 Å². The second kappa shape index (κ2) is 3.85. The van der Waals surface area contributed by atoms with Gasteiger partial charge >= 0.3 is 12.1 Å². The highest BCUT2D eigenvalue weighted by atomic mass is 79.9. The van der Waals surface area contributed by atoms with Gasteiger partial charge in [0, 0.05) is 11.8 Å². The zero-order chi connectivity index (χ0) is 11.8. The van der Waals surface area contributed by atoms with E-state index < -0.39 is 12.1 Å². The summed E-state index contributed by atoms with van der Waals surface area (Å²) in [4.78, 5) is 7.07. The molecule has 0 radical (unpaired) electrons. The zero-order valence-corrected chi connectivity index (χ0v) is 9.08. The number of pyridine rings is 1. The summed E-state index contributed by atoms with van der Waals surface area (Å²) in [5.74, 6) is -1.49. The van der Waals surface area contributed by atoms with Crippen LogP contribution in [0.2, 0.25) is 0 Å². The van der Waals surface area contributed by atoms with Crippen molar-refractivity contribution in [3.05, 3.63) is 28.8 Å². The minimum atomic E-state index is -4.63. The van der Waals surface area contributed by atoms with Gasteiger partial charge in [-0.05, 0) is 28.1 Å². The molecule has 0 N–H and O–H groups in total. The fourth-order valence-electron chi connectivity index (χ4n) is 0.997. The summed E-state index contributed by atoms with van der Waals surface area (Å²) < 4.78 is 41.1. The van der Waals surface area contributed by atoms with Gasteiger partial charge in [0.25, 0.3) is 0 Å². The Morgan fingerprint density at radius 1 is 1.31 bits per heavy atom. The average Bonchev–Trinajstić information content (AvgIpc) is 2.65. The van der Waals surface area contributed by atoms with Crippen molar-refractivity contribution in [3.8, 4) is 11.4 Å². The Hall–Kier alpha value is -1.44. The first-order valence-corrected chi connectivity index (χ1v) is 4.79. The quantitative estimate of drug-likeness (QED) is 0.759. The molecule has 0 aliphatic carbocycles. The van der Waals surface area contributed by atoms with Crippen molar-refractivity contribution in [1.29, 1.82) is 0 Å². The SMILES string of the molecule is FC(F)(F)c1nc(-c2ccnc(Br)c2)no1. The van der Waals surface area contributed by atoms with Crippen LogP contribution < -0.4 is 0 Å². The predicted molar refractivity (Wildman–Crippen MR) is 50.2 cm³/mol. The molecule has 2 aromatic heterocycles. The largest absolute Gasteiger partial charge is 0.471 e. The van der Waals surface area contributed by atoms with Crippen LogP contribution in [-0.2, 0) is 6.18 Å². The van der Waals surface area contributed by atoms with Crippen molar-refractivity contribution >= 4 is 15.9 Å². The lowest BCUT2D eigenvalue weighted by Gasteiger charge is -1.96. The maximum atomic E-state index is 12.2. The van der Waals surface area contributed by atoms with E-state index in [2.05, 4.69) is 35.6 Å². The first-order valence-electron chi connectivity index (χ1n) is 3.99. The zero-order valence-electron chi connectivity index (χ0n) is 7.49. The van der Waals surface area contributed by atoms with Gasteiger partial charge in [0.1, 0.15) is 4.60 Å². The third-order valence-corrected chi connectivity index (χ3v) is 2.09. The molecule has 0 aliphatic heterocycles. The standard InChI is InChI=1S/C8H3BrF3N3O/c9-5-3-4(1-2-13-5)6-14-7(16-15-6)8(10,11)12/h1-3H. The Morgan fingerprint density at radius 2 is 2.06 bits per heavy atom. The van der Waals surface area contributed by atoms with E-state index in [4.69, 9.17) is 0 Å². The van der Waals surface area contributed by atoms with Crippen LogP contribution in [0.5, 0.6) is 0 Å². The Morgan fingerprint density at radius 3 is 2.62 bits per heavy atom. The van der Waals surface area contributed by atoms with Crippen molar-refractivity contribution < 1.29 is 17.7 Å². The van der Waals surface area contributed by atoms with Crippen LogP contribution >= 0.6 is 15.9 Å². The van der Waals surface area contributed by atoms with Gasteiger partial charge in [-0.2, -0.15) is 18.2 Å². The Labute approximate surface area is 95.6 Å². The molecule has 0 atom stereocenters. The van der Waals surface area contributed by atoms with Gasteiger partial charge in [-0.15, -0.1) is 0 Å². The van der Waals surface area contributed by atoms with Gasteiger partial charge in [0.15, 0.2) is 0 Å². The maximum Gasteiger partial charge on any atom is 0.471 e. The molecule has 0 bridgehead atoms. The number of alkyl halides is 3. The second-order valence-electron chi connectivity index (χ2n) is 2.79. The lowest BCUT2D eigenvalue weighted by atomic mass is 10.2. The third kappa shape index (κ3) is 2.21. The molecule has 0 spiro atoms. The third-order valence-electron chi connectivity index (χ3n) is 1.65. The van der Waals surface area contributed by atoms with Crippen molar-refractivity contribution in [3.63, 3.8) is 0 Å². The maximum absolute atomic E-state index is 12.2. The molecule has 16 heavy (non-hydrogen) atoms. The molecule has 4 nitrogen and oxygen atoms in total. The van der Waals surface area contributed by atoms with Crippen LogP contribution in [0.1, 0.15) is 5.89 Å². The van der Waals surface area contributed by atoms with Crippen LogP contribution in [0.25, 0.3) is 11.4 Å². The topological polar surface area (TPSA) is 51.8 Å². The van der Waals surface area contributed by atoms with Crippen molar-refractivity contribution in [1.82, 2.24) is 15.1 Å². The van der Waals surface area contributed by atoms with Gasteiger partial charge in [-0.3, -0.25) is 0 Å². The minimum absolute atomic E-state index is 0.129. The predicted octanol–water partition coefficient (Wildman–Crippen LogP) is 2.91. The molecule has 0 unspecified atom stereocenters. The molecule has 2 aromatic rings. The summed E-state index contributed by atoms with van der Waals surface area (Å²) in [7, 11) is 0. The summed E-state index contributed by atoms with van der Waals surface area (Å²) in [5, 5.41) is 3.24. The molecule has 2 heterocycles. The van der Waals surface area contributed by atoms with Gasteiger partial charge in [-0.1, -0.05) is 5.16 Å². The number of hydrogen-bond acceptors (Lipinski definition) is 4. The fraction of sp³-hybridized carbons (Fsp3) is 0.125. The summed E-state index contributed by atoms with van der Waals surface area (Å²) in [5.41, 5.74) is 0.390. The molecule has 0 amide bonds. The number of aromatic nitrogens is 3. The monoisotopic (exact) mass is 293 g/mol. The molecule has 8 heteroatoms. The van der Waals surface area contributed by atoms with Crippen molar-refractivity contribution in [2.45, 2.75) is 6.18 Å².